The van der Waals surface area contributed by atoms with Crippen molar-refractivity contribution in [2.45, 2.75) is 6.92 Å². The Morgan fingerprint density at radius 2 is 1.83 bits per heavy atom. The molecule has 2 aromatic heterocycles. The number of rotatable bonds is 6. The molecule has 0 bridgehead atoms. The summed E-state index contributed by atoms with van der Waals surface area (Å²) in [7, 11) is 0. The normalized spacial score (nSPS) is 14.6. The highest BCUT2D eigenvalue weighted by molar-refractivity contribution is 7.12. The highest BCUT2D eigenvalue weighted by atomic mass is 32.1. The molecule has 8 heteroatoms. The molecule has 0 radical (unpaired) electrons. The summed E-state index contributed by atoms with van der Waals surface area (Å²) in [5.41, 5.74) is 2.34. The van der Waals surface area contributed by atoms with Crippen LogP contribution in [0.2, 0.25) is 0 Å². The van der Waals surface area contributed by atoms with Gasteiger partial charge in [-0.25, -0.2) is 4.68 Å². The van der Waals surface area contributed by atoms with Gasteiger partial charge in [0.25, 0.3) is 11.8 Å². The molecule has 3 aromatic rings. The molecule has 0 saturated carbocycles. The van der Waals surface area contributed by atoms with Crippen molar-refractivity contribution in [2.75, 3.05) is 39.3 Å². The molecule has 1 saturated heterocycles. The van der Waals surface area contributed by atoms with Crippen LogP contribution < -0.4 is 5.32 Å². The van der Waals surface area contributed by atoms with Crippen molar-refractivity contribution < 1.29 is 9.59 Å². The Labute approximate surface area is 179 Å². The zero-order valence-corrected chi connectivity index (χ0v) is 17.8. The predicted octanol–water partition coefficient (Wildman–Crippen LogP) is 2.43. The number of carbonyl (C=O) groups excluding carboxylic acids is 2. The first kappa shape index (κ1) is 20.3. The molecule has 156 valence electrons. The summed E-state index contributed by atoms with van der Waals surface area (Å²) in [6.45, 7) is 6.29. The summed E-state index contributed by atoms with van der Waals surface area (Å²) in [5.74, 6) is 0.00467. The van der Waals surface area contributed by atoms with Crippen LogP contribution >= 0.6 is 11.3 Å². The van der Waals surface area contributed by atoms with Crippen molar-refractivity contribution >= 4 is 23.2 Å². The number of benzene rings is 1. The lowest BCUT2D eigenvalue weighted by Crippen LogP contribution is -2.50. The molecule has 0 unspecified atom stereocenters. The lowest BCUT2D eigenvalue weighted by atomic mass is 10.2. The molecule has 3 heterocycles. The highest BCUT2D eigenvalue weighted by Crippen LogP contribution is 2.15. The van der Waals surface area contributed by atoms with Gasteiger partial charge in [0.1, 0.15) is 0 Å². The van der Waals surface area contributed by atoms with Gasteiger partial charge in [-0.1, -0.05) is 24.3 Å². The average Bonchev–Trinajstić information content (AvgIpc) is 3.44. The molecule has 1 fully saturated rings. The lowest BCUT2D eigenvalue weighted by Gasteiger charge is -2.34. The second kappa shape index (κ2) is 9.23. The van der Waals surface area contributed by atoms with Crippen LogP contribution in [0.4, 0.5) is 0 Å². The fourth-order valence-corrected chi connectivity index (χ4v) is 4.31. The smallest absolute Gasteiger partial charge is 0.264 e. The SMILES string of the molecule is Cc1c(C(=O)NCCN2CCN(C(=O)c3cccs3)CC2)cnn1-c1ccccc1. The minimum atomic E-state index is -0.110. The molecule has 2 amide bonds. The van der Waals surface area contributed by atoms with Crippen LogP contribution in [0.5, 0.6) is 0 Å². The van der Waals surface area contributed by atoms with E-state index in [-0.39, 0.29) is 11.8 Å². The third-order valence-electron chi connectivity index (χ3n) is 5.36. The van der Waals surface area contributed by atoms with Gasteiger partial charge in [0.05, 0.1) is 28.0 Å². The Hall–Kier alpha value is -2.97. The fourth-order valence-electron chi connectivity index (χ4n) is 3.62. The van der Waals surface area contributed by atoms with Crippen molar-refractivity contribution in [1.82, 2.24) is 24.9 Å². The van der Waals surface area contributed by atoms with Crippen LogP contribution in [-0.4, -0.2) is 70.7 Å². The van der Waals surface area contributed by atoms with Crippen LogP contribution in [0.1, 0.15) is 25.7 Å². The molecule has 1 aliphatic rings. The Bertz CT molecular complexity index is 992. The number of hydrogen-bond donors (Lipinski definition) is 1. The summed E-state index contributed by atoms with van der Waals surface area (Å²) in [6.07, 6.45) is 1.62. The first-order chi connectivity index (χ1) is 14.6. The predicted molar refractivity (Wildman–Crippen MR) is 117 cm³/mol. The summed E-state index contributed by atoms with van der Waals surface area (Å²) in [6, 6.07) is 13.6. The van der Waals surface area contributed by atoms with Gasteiger partial charge >= 0.3 is 0 Å². The molecular weight excluding hydrogens is 398 g/mol. The monoisotopic (exact) mass is 423 g/mol. The molecular formula is C22H25N5O2S. The van der Waals surface area contributed by atoms with Gasteiger partial charge < -0.3 is 10.2 Å². The Morgan fingerprint density at radius 3 is 2.53 bits per heavy atom. The number of piperazine rings is 1. The molecule has 1 aromatic carbocycles. The number of amides is 2. The van der Waals surface area contributed by atoms with Crippen LogP contribution in [0.25, 0.3) is 5.69 Å². The highest BCUT2D eigenvalue weighted by Gasteiger charge is 2.22. The first-order valence-corrected chi connectivity index (χ1v) is 10.9. The maximum Gasteiger partial charge on any atom is 0.264 e. The van der Waals surface area contributed by atoms with Crippen LogP contribution in [0.3, 0.4) is 0 Å². The van der Waals surface area contributed by atoms with Gasteiger partial charge in [-0.2, -0.15) is 5.10 Å². The largest absolute Gasteiger partial charge is 0.351 e. The molecule has 0 atom stereocenters. The van der Waals surface area contributed by atoms with Gasteiger partial charge in [-0.15, -0.1) is 11.3 Å². The summed E-state index contributed by atoms with van der Waals surface area (Å²) >= 11 is 1.48. The zero-order valence-electron chi connectivity index (χ0n) is 17.0. The Kier molecular flexibility index (Phi) is 6.25. The van der Waals surface area contributed by atoms with Crippen molar-refractivity contribution in [2.24, 2.45) is 0 Å². The quantitative estimate of drug-likeness (QED) is 0.661. The second-order valence-corrected chi connectivity index (χ2v) is 8.21. The third kappa shape index (κ3) is 4.44. The van der Waals surface area contributed by atoms with Crippen molar-refractivity contribution in [3.05, 3.63) is 70.2 Å². The van der Waals surface area contributed by atoms with Gasteiger partial charge in [-0.05, 0) is 30.5 Å². The van der Waals surface area contributed by atoms with E-state index in [0.717, 1.165) is 35.9 Å². The second-order valence-electron chi connectivity index (χ2n) is 7.26. The lowest BCUT2D eigenvalue weighted by molar-refractivity contribution is 0.0643. The van der Waals surface area contributed by atoms with E-state index in [4.69, 9.17) is 0 Å². The number of para-hydroxylation sites is 1. The summed E-state index contributed by atoms with van der Waals surface area (Å²) < 4.78 is 1.78. The van der Waals surface area contributed by atoms with Crippen molar-refractivity contribution in [1.29, 1.82) is 0 Å². The van der Waals surface area contributed by atoms with Gasteiger partial charge in [0.2, 0.25) is 0 Å². The first-order valence-electron chi connectivity index (χ1n) is 10.1. The standard InChI is InChI=1S/C22H25N5O2S/c1-17-19(16-24-27(17)18-6-3-2-4-7-18)21(28)23-9-10-25-11-13-26(14-12-25)22(29)20-8-5-15-30-20/h2-8,15-16H,9-14H2,1H3,(H,23,28). The van der Waals surface area contributed by atoms with Crippen molar-refractivity contribution in [3.8, 4) is 5.69 Å². The minimum absolute atomic E-state index is 0.110. The van der Waals surface area contributed by atoms with Crippen LogP contribution in [0.15, 0.2) is 54.0 Å². The third-order valence-corrected chi connectivity index (χ3v) is 6.22. The van der Waals surface area contributed by atoms with E-state index in [9.17, 15) is 9.59 Å². The van der Waals surface area contributed by atoms with E-state index in [1.165, 1.54) is 11.3 Å². The van der Waals surface area contributed by atoms with Gasteiger partial charge in [0, 0.05) is 39.3 Å². The van der Waals surface area contributed by atoms with Gasteiger partial charge in [-0.3, -0.25) is 14.5 Å². The molecule has 7 nitrogen and oxygen atoms in total. The molecule has 1 N–H and O–H groups in total. The number of thiophene rings is 1. The topological polar surface area (TPSA) is 70.5 Å². The number of nitrogens with zero attached hydrogens (tertiary/aromatic N) is 4. The summed E-state index contributed by atoms with van der Waals surface area (Å²) in [4.78, 5) is 30.0. The average molecular weight is 424 g/mol. The Morgan fingerprint density at radius 1 is 1.07 bits per heavy atom. The number of aromatic nitrogens is 2. The van der Waals surface area contributed by atoms with E-state index in [2.05, 4.69) is 15.3 Å². The summed E-state index contributed by atoms with van der Waals surface area (Å²) in [5, 5.41) is 9.28. The number of hydrogen-bond acceptors (Lipinski definition) is 5. The minimum Gasteiger partial charge on any atom is -0.351 e. The van der Waals surface area contributed by atoms with E-state index in [1.54, 1.807) is 10.9 Å². The fraction of sp³-hybridized carbons (Fsp3) is 0.318. The van der Waals surface area contributed by atoms with Gasteiger partial charge in [0.15, 0.2) is 0 Å². The van der Waals surface area contributed by atoms with E-state index >= 15 is 0 Å². The zero-order chi connectivity index (χ0) is 20.9. The molecule has 0 aliphatic carbocycles. The van der Waals surface area contributed by atoms with Crippen molar-refractivity contribution in [3.63, 3.8) is 0 Å². The van der Waals surface area contributed by atoms with E-state index in [0.29, 0.717) is 25.2 Å². The molecule has 1 aliphatic heterocycles. The number of nitrogens with one attached hydrogen (secondary N) is 1. The maximum absolute atomic E-state index is 12.6. The Balaban J connectivity index is 1.24. The number of carbonyl (C=O) groups is 2. The van der Waals surface area contributed by atoms with Crippen LogP contribution in [-0.2, 0) is 0 Å². The van der Waals surface area contributed by atoms with E-state index in [1.807, 2.05) is 59.7 Å². The molecule has 30 heavy (non-hydrogen) atoms. The molecule has 0 spiro atoms. The molecule has 4 rings (SSSR count). The maximum atomic E-state index is 12.6. The van der Waals surface area contributed by atoms with E-state index < -0.39 is 0 Å². The van der Waals surface area contributed by atoms with Crippen LogP contribution in [0, 0.1) is 6.92 Å².